The van der Waals surface area contributed by atoms with Gasteiger partial charge in [-0.2, -0.15) is 0 Å². The van der Waals surface area contributed by atoms with E-state index in [1.807, 2.05) is 6.07 Å². The maximum Gasteiger partial charge on any atom is 0.339 e. The third kappa shape index (κ3) is 4.05. The normalized spacial score (nSPS) is 14.6. The van der Waals surface area contributed by atoms with Crippen LogP contribution in [-0.4, -0.2) is 45.1 Å². The highest BCUT2D eigenvalue weighted by molar-refractivity contribution is 5.93. The van der Waals surface area contributed by atoms with Crippen molar-refractivity contribution in [2.24, 2.45) is 0 Å². The molecule has 0 bridgehead atoms. The third-order valence-corrected chi connectivity index (χ3v) is 4.62. The van der Waals surface area contributed by atoms with Crippen LogP contribution in [-0.2, 0) is 16.1 Å². The van der Waals surface area contributed by atoms with E-state index < -0.39 is 18.0 Å². The highest BCUT2D eigenvalue weighted by Crippen LogP contribution is 2.40. The average molecular weight is 415 g/mol. The molecule has 0 radical (unpaired) electrons. The molecule has 9 nitrogen and oxygen atoms in total. The zero-order valence-corrected chi connectivity index (χ0v) is 16.6. The van der Waals surface area contributed by atoms with Gasteiger partial charge in [-0.1, -0.05) is 6.07 Å². The van der Waals surface area contributed by atoms with Crippen molar-refractivity contribution in [3.05, 3.63) is 41.5 Å². The van der Waals surface area contributed by atoms with E-state index in [9.17, 15) is 9.59 Å². The minimum Gasteiger partial charge on any atom is -0.493 e. The summed E-state index contributed by atoms with van der Waals surface area (Å²) in [6.07, 6.45) is -0.995. The molecule has 0 aliphatic carbocycles. The summed E-state index contributed by atoms with van der Waals surface area (Å²) in [6.45, 7) is 2.71. The van der Waals surface area contributed by atoms with Crippen LogP contribution in [0.3, 0.4) is 0 Å². The molecule has 1 atom stereocenters. The highest BCUT2D eigenvalue weighted by Gasteiger charge is 2.24. The molecule has 2 aliphatic rings. The summed E-state index contributed by atoms with van der Waals surface area (Å²) in [5.41, 5.74) is 1.04. The topological polar surface area (TPSA) is 102 Å². The highest BCUT2D eigenvalue weighted by atomic mass is 16.7. The summed E-state index contributed by atoms with van der Waals surface area (Å²) >= 11 is 0. The van der Waals surface area contributed by atoms with E-state index in [2.05, 4.69) is 5.32 Å². The lowest BCUT2D eigenvalue weighted by Crippen LogP contribution is -2.35. The van der Waals surface area contributed by atoms with Gasteiger partial charge in [-0.25, -0.2) is 4.79 Å². The van der Waals surface area contributed by atoms with Gasteiger partial charge in [0.15, 0.2) is 29.1 Å². The van der Waals surface area contributed by atoms with Crippen LogP contribution in [0.1, 0.15) is 22.8 Å². The van der Waals surface area contributed by atoms with Crippen molar-refractivity contribution in [3.63, 3.8) is 0 Å². The van der Waals surface area contributed by atoms with Gasteiger partial charge in [0, 0.05) is 6.54 Å². The van der Waals surface area contributed by atoms with Gasteiger partial charge in [0.25, 0.3) is 5.91 Å². The van der Waals surface area contributed by atoms with E-state index in [1.54, 1.807) is 12.1 Å². The van der Waals surface area contributed by atoms with Crippen LogP contribution in [0.4, 0.5) is 0 Å². The Labute approximate surface area is 172 Å². The van der Waals surface area contributed by atoms with Gasteiger partial charge in [0.1, 0.15) is 13.2 Å². The van der Waals surface area contributed by atoms with E-state index in [0.29, 0.717) is 42.0 Å². The smallest absolute Gasteiger partial charge is 0.339 e. The van der Waals surface area contributed by atoms with Gasteiger partial charge in [-0.3, -0.25) is 4.79 Å². The quantitative estimate of drug-likeness (QED) is 0.716. The van der Waals surface area contributed by atoms with Crippen LogP contribution >= 0.6 is 0 Å². The second-order valence-corrected chi connectivity index (χ2v) is 6.66. The fourth-order valence-corrected chi connectivity index (χ4v) is 3.06. The molecule has 4 rings (SSSR count). The molecule has 0 saturated heterocycles. The Bertz CT molecular complexity index is 956. The van der Waals surface area contributed by atoms with Crippen molar-refractivity contribution in [1.29, 1.82) is 0 Å². The largest absolute Gasteiger partial charge is 0.493 e. The lowest BCUT2D eigenvalue weighted by atomic mass is 10.1. The van der Waals surface area contributed by atoms with Gasteiger partial charge >= 0.3 is 5.97 Å². The summed E-state index contributed by atoms with van der Waals surface area (Å²) < 4.78 is 32.2. The van der Waals surface area contributed by atoms with Crippen LogP contribution in [0.2, 0.25) is 0 Å². The number of benzene rings is 2. The number of fused-ring (bicyclic) bond motifs is 2. The molecule has 1 N–H and O–H groups in total. The first-order chi connectivity index (χ1) is 14.5. The molecule has 2 aromatic carbocycles. The number of esters is 1. The van der Waals surface area contributed by atoms with Gasteiger partial charge < -0.3 is 33.7 Å². The van der Waals surface area contributed by atoms with Crippen molar-refractivity contribution in [2.75, 3.05) is 27.1 Å². The number of rotatable bonds is 6. The van der Waals surface area contributed by atoms with Crippen molar-refractivity contribution in [2.45, 2.75) is 19.6 Å². The predicted octanol–water partition coefficient (Wildman–Crippen LogP) is 2.06. The van der Waals surface area contributed by atoms with Crippen LogP contribution < -0.4 is 29.0 Å². The van der Waals surface area contributed by atoms with Gasteiger partial charge in [-0.05, 0) is 36.8 Å². The molecule has 30 heavy (non-hydrogen) atoms. The minimum atomic E-state index is -0.995. The SMILES string of the molecule is COc1cc(C(=O)O[C@H](C)C(=O)NCc2ccc3c(c2)OCO3)cc2c1OCCO2. The van der Waals surface area contributed by atoms with Crippen LogP contribution in [0.25, 0.3) is 0 Å². The molecule has 2 aromatic rings. The Kier molecular flexibility index (Phi) is 5.51. The van der Waals surface area contributed by atoms with Crippen LogP contribution in [0.5, 0.6) is 28.7 Å². The Hall–Kier alpha value is -3.62. The molecular weight excluding hydrogens is 394 g/mol. The number of amides is 1. The van der Waals surface area contributed by atoms with E-state index in [0.717, 1.165) is 5.56 Å². The fraction of sp³-hybridized carbons (Fsp3) is 0.333. The Balaban J connectivity index is 1.36. The Morgan fingerprint density at radius 1 is 1.03 bits per heavy atom. The molecule has 0 spiro atoms. The molecule has 0 unspecified atom stereocenters. The number of ether oxygens (including phenoxy) is 6. The van der Waals surface area contributed by atoms with Crippen molar-refractivity contribution >= 4 is 11.9 Å². The summed E-state index contributed by atoms with van der Waals surface area (Å²) in [6, 6.07) is 8.40. The molecule has 0 fully saturated rings. The zero-order chi connectivity index (χ0) is 21.1. The monoisotopic (exact) mass is 415 g/mol. The number of hydrogen-bond donors (Lipinski definition) is 1. The molecule has 1 amide bonds. The first-order valence-corrected chi connectivity index (χ1v) is 9.40. The summed E-state index contributed by atoms with van der Waals surface area (Å²) in [5.74, 6) is 1.40. The first kappa shape index (κ1) is 19.7. The van der Waals surface area contributed by atoms with Crippen molar-refractivity contribution in [1.82, 2.24) is 5.32 Å². The first-order valence-electron chi connectivity index (χ1n) is 9.40. The maximum atomic E-state index is 12.5. The molecule has 158 valence electrons. The van der Waals surface area contributed by atoms with E-state index in [1.165, 1.54) is 26.2 Å². The van der Waals surface area contributed by atoms with Crippen LogP contribution in [0.15, 0.2) is 30.3 Å². The van der Waals surface area contributed by atoms with Gasteiger partial charge in [0.2, 0.25) is 12.5 Å². The molecule has 2 heterocycles. The predicted molar refractivity (Wildman–Crippen MR) is 103 cm³/mol. The Morgan fingerprint density at radius 3 is 2.67 bits per heavy atom. The number of methoxy groups -OCH3 is 1. The minimum absolute atomic E-state index is 0.183. The molecule has 0 saturated carbocycles. The Morgan fingerprint density at radius 2 is 1.83 bits per heavy atom. The van der Waals surface area contributed by atoms with Crippen molar-refractivity contribution < 1.29 is 38.0 Å². The van der Waals surface area contributed by atoms with Gasteiger partial charge in [0.05, 0.1) is 12.7 Å². The van der Waals surface area contributed by atoms with Crippen molar-refractivity contribution in [3.8, 4) is 28.7 Å². The lowest BCUT2D eigenvalue weighted by Gasteiger charge is -2.21. The standard InChI is InChI=1S/C21H21NO8/c1-12(20(23)22-10-13-3-4-15-16(7-13)29-11-28-15)30-21(24)14-8-17(25-2)19-18(9-14)26-5-6-27-19/h3-4,7-9,12H,5-6,10-11H2,1-2H3,(H,22,23)/t12-/m1/s1. The second-order valence-electron chi connectivity index (χ2n) is 6.66. The molecular formula is C21H21NO8. The van der Waals surface area contributed by atoms with E-state index >= 15 is 0 Å². The zero-order valence-electron chi connectivity index (χ0n) is 16.6. The van der Waals surface area contributed by atoms with Crippen LogP contribution in [0, 0.1) is 0 Å². The summed E-state index contributed by atoms with van der Waals surface area (Å²) in [5, 5.41) is 2.74. The lowest BCUT2D eigenvalue weighted by molar-refractivity contribution is -0.129. The summed E-state index contributed by atoms with van der Waals surface area (Å²) in [7, 11) is 1.47. The van der Waals surface area contributed by atoms with Gasteiger partial charge in [-0.15, -0.1) is 0 Å². The number of nitrogens with one attached hydrogen (secondary N) is 1. The molecule has 0 aromatic heterocycles. The fourth-order valence-electron chi connectivity index (χ4n) is 3.06. The number of carbonyl (C=O) groups is 2. The number of carbonyl (C=O) groups excluding carboxylic acids is 2. The van der Waals surface area contributed by atoms with E-state index in [-0.39, 0.29) is 18.9 Å². The number of hydrogen-bond acceptors (Lipinski definition) is 8. The second kappa shape index (κ2) is 8.40. The molecule has 2 aliphatic heterocycles. The van der Waals surface area contributed by atoms with E-state index in [4.69, 9.17) is 28.4 Å². The third-order valence-electron chi connectivity index (χ3n) is 4.62. The molecule has 9 heteroatoms. The maximum absolute atomic E-state index is 12.5. The summed E-state index contributed by atoms with van der Waals surface area (Å²) in [4.78, 5) is 24.9. The average Bonchev–Trinajstić information content (AvgIpc) is 3.24.